The fourth-order valence-corrected chi connectivity index (χ4v) is 3.43. The van der Waals surface area contributed by atoms with Crippen molar-refractivity contribution in [2.24, 2.45) is 5.92 Å². The van der Waals surface area contributed by atoms with Crippen LogP contribution in [-0.4, -0.2) is 33.7 Å². The Morgan fingerprint density at radius 2 is 2.07 bits per heavy atom. The lowest BCUT2D eigenvalue weighted by molar-refractivity contribution is -0.125. The van der Waals surface area contributed by atoms with Gasteiger partial charge in [0.15, 0.2) is 6.61 Å². The van der Waals surface area contributed by atoms with Crippen LogP contribution in [-0.2, 0) is 4.79 Å². The molecule has 1 fully saturated rings. The summed E-state index contributed by atoms with van der Waals surface area (Å²) in [6, 6.07) is 13.3. The van der Waals surface area contributed by atoms with E-state index >= 15 is 0 Å². The lowest BCUT2D eigenvalue weighted by Gasteiger charge is -2.38. The molecule has 0 saturated heterocycles. The van der Waals surface area contributed by atoms with Crippen LogP contribution in [0.5, 0.6) is 5.75 Å². The van der Waals surface area contributed by atoms with E-state index in [9.17, 15) is 9.90 Å². The molecule has 3 aromatic rings. The molecule has 1 aliphatic rings. The van der Waals surface area contributed by atoms with Crippen molar-refractivity contribution in [2.75, 3.05) is 6.61 Å². The van der Waals surface area contributed by atoms with Gasteiger partial charge in [-0.2, -0.15) is 0 Å². The normalized spacial score (nSPS) is 19.9. The van der Waals surface area contributed by atoms with Crippen LogP contribution in [0.1, 0.15) is 24.4 Å². The Bertz CT molecular complexity index is 926. The van der Waals surface area contributed by atoms with Crippen molar-refractivity contribution in [3.05, 3.63) is 66.6 Å². The second-order valence-corrected chi connectivity index (χ2v) is 6.87. The number of nitrogens with one attached hydrogen (secondary N) is 1. The van der Waals surface area contributed by atoms with E-state index in [4.69, 9.17) is 4.74 Å². The minimum Gasteiger partial charge on any atom is -0.482 e. The number of fused-ring (bicyclic) bond motifs is 1. The van der Waals surface area contributed by atoms with Crippen molar-refractivity contribution in [3.8, 4) is 5.75 Å². The lowest BCUT2D eigenvalue weighted by Crippen LogP contribution is -2.42. The number of aliphatic hydroxyl groups excluding tert-OH is 1. The monoisotopic (exact) mass is 363 g/mol. The molecule has 0 aliphatic heterocycles. The highest BCUT2D eigenvalue weighted by Gasteiger charge is 2.36. The zero-order valence-corrected chi connectivity index (χ0v) is 14.8. The van der Waals surface area contributed by atoms with Gasteiger partial charge in [0.25, 0.3) is 5.91 Å². The second kappa shape index (κ2) is 7.72. The van der Waals surface area contributed by atoms with Crippen LogP contribution in [0.3, 0.4) is 0 Å². The predicted octanol–water partition coefficient (Wildman–Crippen LogP) is 2.64. The minimum atomic E-state index is -0.297. The molecule has 2 heterocycles. The molecule has 6 heteroatoms. The third-order valence-electron chi connectivity index (χ3n) is 4.91. The van der Waals surface area contributed by atoms with Crippen LogP contribution in [0.15, 0.2) is 61.1 Å². The third-order valence-corrected chi connectivity index (χ3v) is 4.91. The molecule has 0 unspecified atom stereocenters. The molecular weight excluding hydrogens is 342 g/mol. The molecule has 2 N–H and O–H groups in total. The van der Waals surface area contributed by atoms with E-state index in [1.54, 1.807) is 30.7 Å². The summed E-state index contributed by atoms with van der Waals surface area (Å²) in [6.07, 6.45) is 6.06. The summed E-state index contributed by atoms with van der Waals surface area (Å²) in [5.41, 5.74) is 1.86. The number of para-hydroxylation sites is 1. The topological polar surface area (TPSA) is 84.3 Å². The van der Waals surface area contributed by atoms with Gasteiger partial charge in [-0.25, -0.2) is 0 Å². The Labute approximate surface area is 157 Å². The molecule has 2 aromatic heterocycles. The van der Waals surface area contributed by atoms with E-state index < -0.39 is 0 Å². The fraction of sp³-hybridized carbons (Fsp3) is 0.286. The Kier molecular flexibility index (Phi) is 4.98. The van der Waals surface area contributed by atoms with Gasteiger partial charge in [0.05, 0.1) is 23.9 Å². The van der Waals surface area contributed by atoms with Gasteiger partial charge < -0.3 is 15.2 Å². The van der Waals surface area contributed by atoms with Crippen molar-refractivity contribution in [1.29, 1.82) is 0 Å². The Hall–Kier alpha value is -2.99. The molecule has 1 aliphatic carbocycles. The van der Waals surface area contributed by atoms with Crippen LogP contribution in [0, 0.1) is 5.92 Å². The third kappa shape index (κ3) is 4.06. The summed E-state index contributed by atoms with van der Waals surface area (Å²) in [5, 5.41) is 13.8. The molecule has 1 amide bonds. The Morgan fingerprint density at radius 1 is 1.22 bits per heavy atom. The van der Waals surface area contributed by atoms with Gasteiger partial charge in [0, 0.05) is 17.8 Å². The molecule has 4 rings (SSSR count). The number of carbonyl (C=O) groups excluding carboxylic acids is 1. The van der Waals surface area contributed by atoms with Gasteiger partial charge in [0.2, 0.25) is 0 Å². The zero-order valence-electron chi connectivity index (χ0n) is 14.8. The molecule has 1 atom stereocenters. The molecule has 6 nitrogen and oxygen atoms in total. The number of aromatic nitrogens is 2. The largest absolute Gasteiger partial charge is 0.482 e. The van der Waals surface area contributed by atoms with Gasteiger partial charge in [-0.15, -0.1) is 0 Å². The number of pyridine rings is 2. The minimum absolute atomic E-state index is 0.0848. The first-order valence-electron chi connectivity index (χ1n) is 9.04. The number of ether oxygens (including phenoxy) is 1. The summed E-state index contributed by atoms with van der Waals surface area (Å²) in [6.45, 7) is -0.0848. The van der Waals surface area contributed by atoms with E-state index in [2.05, 4.69) is 21.4 Å². The number of nitrogens with zero attached hydrogens (tertiary/aromatic N) is 2. The van der Waals surface area contributed by atoms with Crippen LogP contribution < -0.4 is 10.1 Å². The van der Waals surface area contributed by atoms with Crippen LogP contribution in [0.25, 0.3) is 10.9 Å². The quantitative estimate of drug-likeness (QED) is 0.703. The van der Waals surface area contributed by atoms with E-state index in [0.29, 0.717) is 18.6 Å². The van der Waals surface area contributed by atoms with Crippen molar-refractivity contribution in [2.45, 2.75) is 25.0 Å². The smallest absolute Gasteiger partial charge is 0.258 e. The van der Waals surface area contributed by atoms with E-state index in [1.807, 2.05) is 24.3 Å². The molecule has 0 radical (unpaired) electrons. The molecule has 0 bridgehead atoms. The van der Waals surface area contributed by atoms with Crippen molar-refractivity contribution in [3.63, 3.8) is 0 Å². The van der Waals surface area contributed by atoms with E-state index in [-0.39, 0.29) is 30.6 Å². The Morgan fingerprint density at radius 3 is 2.85 bits per heavy atom. The van der Waals surface area contributed by atoms with Crippen molar-refractivity contribution < 1.29 is 14.6 Å². The summed E-state index contributed by atoms with van der Waals surface area (Å²) in [5.74, 6) is 0.527. The van der Waals surface area contributed by atoms with Gasteiger partial charge in [-0.3, -0.25) is 14.8 Å². The predicted molar refractivity (Wildman–Crippen MR) is 101 cm³/mol. The summed E-state index contributed by atoms with van der Waals surface area (Å²) in [4.78, 5) is 20.9. The SMILES string of the molecule is O=C(COc1cccnc1)N[C@H](c1cnc2ccccc2c1)C1CC(O)C1. The first kappa shape index (κ1) is 17.4. The fourth-order valence-electron chi connectivity index (χ4n) is 3.43. The highest BCUT2D eigenvalue weighted by atomic mass is 16.5. The summed E-state index contributed by atoms with van der Waals surface area (Å²) < 4.78 is 5.49. The van der Waals surface area contributed by atoms with E-state index in [0.717, 1.165) is 16.5 Å². The van der Waals surface area contributed by atoms with E-state index in [1.165, 1.54) is 0 Å². The maximum Gasteiger partial charge on any atom is 0.258 e. The summed E-state index contributed by atoms with van der Waals surface area (Å²) in [7, 11) is 0. The highest BCUT2D eigenvalue weighted by Crippen LogP contribution is 2.38. The van der Waals surface area contributed by atoms with Gasteiger partial charge in [-0.05, 0) is 48.6 Å². The van der Waals surface area contributed by atoms with Crippen molar-refractivity contribution in [1.82, 2.24) is 15.3 Å². The maximum absolute atomic E-state index is 12.5. The molecule has 27 heavy (non-hydrogen) atoms. The second-order valence-electron chi connectivity index (χ2n) is 6.87. The standard InChI is InChI=1S/C21H21N3O3/c25-17-9-15(10-17)21(16-8-14-4-1-2-6-19(14)23-11-16)24-20(26)13-27-18-5-3-7-22-12-18/h1-8,11-12,15,17,21,25H,9-10,13H2,(H,24,26)/t15?,17?,21-/m0/s1. The van der Waals surface area contributed by atoms with Crippen LogP contribution in [0.4, 0.5) is 0 Å². The number of hydrogen-bond donors (Lipinski definition) is 2. The molecule has 1 saturated carbocycles. The molecular formula is C21H21N3O3. The number of rotatable bonds is 6. The maximum atomic E-state index is 12.5. The first-order valence-corrected chi connectivity index (χ1v) is 9.04. The molecule has 1 aromatic carbocycles. The van der Waals surface area contributed by atoms with Crippen molar-refractivity contribution >= 4 is 16.8 Å². The highest BCUT2D eigenvalue weighted by molar-refractivity contribution is 5.80. The molecule has 0 spiro atoms. The first-order chi connectivity index (χ1) is 13.2. The van der Waals surface area contributed by atoms with Crippen LogP contribution >= 0.6 is 0 Å². The number of amides is 1. The van der Waals surface area contributed by atoms with Gasteiger partial charge >= 0.3 is 0 Å². The lowest BCUT2D eigenvalue weighted by atomic mass is 9.75. The number of benzene rings is 1. The summed E-state index contributed by atoms with van der Waals surface area (Å²) >= 11 is 0. The molecule has 138 valence electrons. The number of hydrogen-bond acceptors (Lipinski definition) is 5. The average Bonchev–Trinajstić information content (AvgIpc) is 2.69. The number of aliphatic hydroxyl groups is 1. The Balaban J connectivity index is 1.49. The van der Waals surface area contributed by atoms with Crippen LogP contribution in [0.2, 0.25) is 0 Å². The number of carbonyl (C=O) groups is 1. The average molecular weight is 363 g/mol. The van der Waals surface area contributed by atoms with Gasteiger partial charge in [0.1, 0.15) is 5.75 Å². The van der Waals surface area contributed by atoms with Gasteiger partial charge in [-0.1, -0.05) is 18.2 Å². The zero-order chi connectivity index (χ0) is 18.6.